The van der Waals surface area contributed by atoms with E-state index in [0.29, 0.717) is 6.42 Å². The average molecular weight is 438 g/mol. The molecule has 0 saturated carbocycles. The minimum absolute atomic E-state index is 0.308. The van der Waals surface area contributed by atoms with Crippen LogP contribution in [-0.4, -0.2) is 33.3 Å². The van der Waals surface area contributed by atoms with E-state index in [2.05, 4.69) is 5.32 Å². The van der Waals surface area contributed by atoms with E-state index in [1.54, 1.807) is 7.11 Å². The zero-order chi connectivity index (χ0) is 23.1. The molecule has 0 unspecified atom stereocenters. The van der Waals surface area contributed by atoms with Crippen LogP contribution in [0, 0.1) is 24.7 Å². The monoisotopic (exact) mass is 437 g/mol. The van der Waals surface area contributed by atoms with Crippen molar-refractivity contribution in [3.63, 3.8) is 0 Å². The normalized spacial score (nSPS) is 19.5. The maximum atomic E-state index is 13.2. The predicted octanol–water partition coefficient (Wildman–Crippen LogP) is 4.70. The highest BCUT2D eigenvalue weighted by molar-refractivity contribution is 5.79. The van der Waals surface area contributed by atoms with E-state index in [9.17, 15) is 9.59 Å². The number of methoxy groups -OCH3 is 3. The molecule has 6 nitrogen and oxygen atoms in total. The number of esters is 2. The zero-order valence-corrected chi connectivity index (χ0v) is 19.0. The summed E-state index contributed by atoms with van der Waals surface area (Å²) in [6.07, 6.45) is 5.38. The van der Waals surface area contributed by atoms with E-state index >= 15 is 0 Å². The van der Waals surface area contributed by atoms with Crippen molar-refractivity contribution in [2.45, 2.75) is 25.8 Å². The molecule has 32 heavy (non-hydrogen) atoms. The third kappa shape index (κ3) is 5.31. The van der Waals surface area contributed by atoms with Crippen molar-refractivity contribution in [2.75, 3.05) is 26.6 Å². The van der Waals surface area contributed by atoms with E-state index in [-0.39, 0.29) is 17.9 Å². The summed E-state index contributed by atoms with van der Waals surface area (Å²) in [5.74, 6) is -1.39. The van der Waals surface area contributed by atoms with Crippen LogP contribution in [0.4, 0.5) is 5.69 Å². The molecule has 1 aliphatic rings. The first-order chi connectivity index (χ1) is 15.5. The number of anilines is 1. The van der Waals surface area contributed by atoms with Gasteiger partial charge in [-0.1, -0.05) is 42.0 Å². The van der Waals surface area contributed by atoms with Crippen molar-refractivity contribution in [3.8, 4) is 5.75 Å². The molecule has 1 N–H and O–H groups in total. The molecule has 0 spiro atoms. The number of carbonyl (C=O) groups is 2. The van der Waals surface area contributed by atoms with Crippen LogP contribution in [0.5, 0.6) is 5.75 Å². The second-order valence-electron chi connectivity index (χ2n) is 8.02. The third-order valence-electron chi connectivity index (χ3n) is 6.07. The molecule has 0 amide bonds. The molecule has 0 radical (unpaired) electrons. The Bertz CT molecular complexity index is 936. The van der Waals surface area contributed by atoms with Crippen molar-refractivity contribution in [1.82, 2.24) is 0 Å². The van der Waals surface area contributed by atoms with E-state index in [1.807, 2.05) is 67.6 Å². The Kier molecular flexibility index (Phi) is 7.92. The number of benzene rings is 2. The highest BCUT2D eigenvalue weighted by Crippen LogP contribution is 2.41. The van der Waals surface area contributed by atoms with Crippen LogP contribution in [0.25, 0.3) is 0 Å². The van der Waals surface area contributed by atoms with Gasteiger partial charge in [-0.25, -0.2) is 0 Å². The van der Waals surface area contributed by atoms with Gasteiger partial charge in [0.2, 0.25) is 0 Å². The topological polar surface area (TPSA) is 73.9 Å². The SMILES string of the molecule is COC(=O)[C@H]([C@H]1C=CCC[C@@H]1C(=O)OC)[C@H](Nc1ccc(C)cc1)c1ccc(OC)cc1. The lowest BCUT2D eigenvalue weighted by Crippen LogP contribution is -2.40. The molecule has 3 rings (SSSR count). The van der Waals surface area contributed by atoms with Crippen molar-refractivity contribution < 1.29 is 23.8 Å². The van der Waals surface area contributed by atoms with Crippen LogP contribution in [-0.2, 0) is 19.1 Å². The van der Waals surface area contributed by atoms with E-state index in [4.69, 9.17) is 14.2 Å². The fourth-order valence-corrected chi connectivity index (χ4v) is 4.32. The quantitative estimate of drug-likeness (QED) is 0.477. The number of aryl methyl sites for hydroxylation is 1. The number of ether oxygens (including phenoxy) is 3. The Balaban J connectivity index is 2.08. The molecule has 0 heterocycles. The number of nitrogens with one attached hydrogen (secondary N) is 1. The summed E-state index contributed by atoms with van der Waals surface area (Å²) >= 11 is 0. The van der Waals surface area contributed by atoms with E-state index in [1.165, 1.54) is 14.2 Å². The number of allylic oxidation sites excluding steroid dienone is 2. The molecule has 0 saturated heterocycles. The summed E-state index contributed by atoms with van der Waals surface area (Å²) < 4.78 is 15.6. The molecule has 0 fully saturated rings. The van der Waals surface area contributed by atoms with Gasteiger partial charge in [-0.3, -0.25) is 9.59 Å². The molecule has 6 heteroatoms. The third-order valence-corrected chi connectivity index (χ3v) is 6.07. The van der Waals surface area contributed by atoms with Crippen molar-refractivity contribution in [1.29, 1.82) is 0 Å². The van der Waals surface area contributed by atoms with Crippen molar-refractivity contribution in [2.24, 2.45) is 17.8 Å². The highest BCUT2D eigenvalue weighted by atomic mass is 16.5. The minimum Gasteiger partial charge on any atom is -0.497 e. The van der Waals surface area contributed by atoms with Gasteiger partial charge in [0, 0.05) is 11.6 Å². The molecular weight excluding hydrogens is 406 g/mol. The van der Waals surface area contributed by atoms with E-state index < -0.39 is 17.9 Å². The zero-order valence-electron chi connectivity index (χ0n) is 19.0. The number of carbonyl (C=O) groups excluding carboxylic acids is 2. The fourth-order valence-electron chi connectivity index (χ4n) is 4.32. The summed E-state index contributed by atoms with van der Waals surface area (Å²) in [6.45, 7) is 2.02. The van der Waals surface area contributed by atoms with Crippen LogP contribution in [0.2, 0.25) is 0 Å². The summed E-state index contributed by atoms with van der Waals surface area (Å²) in [5, 5.41) is 3.52. The number of hydrogen-bond acceptors (Lipinski definition) is 6. The van der Waals surface area contributed by atoms with Crippen LogP contribution in [0.3, 0.4) is 0 Å². The first kappa shape index (κ1) is 23.4. The van der Waals surface area contributed by atoms with Crippen molar-refractivity contribution >= 4 is 17.6 Å². The molecule has 0 aromatic heterocycles. The Morgan fingerprint density at radius 3 is 2.25 bits per heavy atom. The largest absolute Gasteiger partial charge is 0.497 e. The molecule has 0 aliphatic heterocycles. The molecule has 2 aromatic rings. The van der Waals surface area contributed by atoms with Crippen molar-refractivity contribution in [3.05, 3.63) is 71.8 Å². The van der Waals surface area contributed by atoms with Crippen LogP contribution >= 0.6 is 0 Å². The molecule has 2 aromatic carbocycles. The Morgan fingerprint density at radius 1 is 0.969 bits per heavy atom. The summed E-state index contributed by atoms with van der Waals surface area (Å²) in [6, 6.07) is 15.1. The number of rotatable bonds is 8. The van der Waals surface area contributed by atoms with Gasteiger partial charge in [-0.2, -0.15) is 0 Å². The first-order valence-electron chi connectivity index (χ1n) is 10.8. The van der Waals surface area contributed by atoms with Gasteiger partial charge < -0.3 is 19.5 Å². The van der Waals surface area contributed by atoms with Crippen LogP contribution in [0.15, 0.2) is 60.7 Å². The maximum Gasteiger partial charge on any atom is 0.311 e. The van der Waals surface area contributed by atoms with Gasteiger partial charge in [0.25, 0.3) is 0 Å². The van der Waals surface area contributed by atoms with Crippen LogP contribution < -0.4 is 10.1 Å². The second kappa shape index (κ2) is 10.8. The fraction of sp³-hybridized carbons (Fsp3) is 0.385. The summed E-state index contributed by atoms with van der Waals surface area (Å²) in [7, 11) is 4.38. The van der Waals surface area contributed by atoms with Gasteiger partial charge in [0.15, 0.2) is 0 Å². The standard InChI is InChI=1S/C26H31NO5/c1-17-9-13-19(14-10-17)27-24(18-11-15-20(30-2)16-12-18)23(26(29)32-4)21-7-5-6-8-22(21)25(28)31-3/h5,7,9-16,21-24,27H,6,8H2,1-4H3/t21-,22-,23+,24+/m0/s1. The molecule has 1 aliphatic carbocycles. The lowest BCUT2D eigenvalue weighted by atomic mass is 9.71. The first-order valence-corrected chi connectivity index (χ1v) is 10.8. The summed E-state index contributed by atoms with van der Waals surface area (Å²) in [5.41, 5.74) is 2.91. The lowest BCUT2D eigenvalue weighted by molar-refractivity contribution is -0.153. The second-order valence-corrected chi connectivity index (χ2v) is 8.02. The summed E-state index contributed by atoms with van der Waals surface area (Å²) in [4.78, 5) is 25.8. The molecule has 4 atom stereocenters. The smallest absolute Gasteiger partial charge is 0.311 e. The highest BCUT2D eigenvalue weighted by Gasteiger charge is 2.43. The van der Waals surface area contributed by atoms with E-state index in [0.717, 1.165) is 29.0 Å². The van der Waals surface area contributed by atoms with Gasteiger partial charge >= 0.3 is 11.9 Å². The molecule has 0 bridgehead atoms. The molecular formula is C26H31NO5. The Morgan fingerprint density at radius 2 is 1.66 bits per heavy atom. The Hall–Kier alpha value is -3.28. The van der Waals surface area contributed by atoms with Gasteiger partial charge in [-0.05, 0) is 49.6 Å². The maximum absolute atomic E-state index is 13.2. The van der Waals surface area contributed by atoms with Gasteiger partial charge in [0.1, 0.15) is 5.75 Å². The van der Waals surface area contributed by atoms with Gasteiger partial charge in [-0.15, -0.1) is 0 Å². The number of hydrogen-bond donors (Lipinski definition) is 1. The molecule has 170 valence electrons. The predicted molar refractivity (Wildman–Crippen MR) is 123 cm³/mol. The van der Waals surface area contributed by atoms with Crippen LogP contribution in [0.1, 0.15) is 30.0 Å². The Labute approximate surface area is 189 Å². The minimum atomic E-state index is -0.643. The average Bonchev–Trinajstić information content (AvgIpc) is 2.84. The lowest BCUT2D eigenvalue weighted by Gasteiger charge is -2.36. The van der Waals surface area contributed by atoms with Gasteiger partial charge in [0.05, 0.1) is 39.2 Å².